The van der Waals surface area contributed by atoms with Crippen molar-refractivity contribution in [3.05, 3.63) is 54.2 Å². The van der Waals surface area contributed by atoms with E-state index in [4.69, 9.17) is 0 Å². The van der Waals surface area contributed by atoms with Crippen LogP contribution in [0.25, 0.3) is 11.0 Å². The molecule has 2 heterocycles. The number of benzene rings is 1. The number of aromatic nitrogens is 3. The van der Waals surface area contributed by atoms with Gasteiger partial charge in [-0.25, -0.2) is 14.4 Å². The molecular formula is C19H22FN5O4S. The molecule has 0 aliphatic heterocycles. The molecule has 1 fully saturated rings. The maximum atomic E-state index is 14.8. The topological polar surface area (TPSA) is 118 Å². The first-order valence-electron chi connectivity index (χ1n) is 9.42. The van der Waals surface area contributed by atoms with E-state index in [1.54, 1.807) is 4.57 Å². The number of rotatable bonds is 7. The molecular weight excluding hydrogens is 413 g/mol. The van der Waals surface area contributed by atoms with Crippen LogP contribution in [0.1, 0.15) is 24.4 Å². The summed E-state index contributed by atoms with van der Waals surface area (Å²) in [5.41, 5.74) is 1.40. The number of aliphatic hydroxyl groups excluding tert-OH is 1. The fourth-order valence-corrected chi connectivity index (χ4v) is 4.53. The quantitative estimate of drug-likeness (QED) is 0.517. The smallest absolute Gasteiger partial charge is 0.335 e. The highest BCUT2D eigenvalue weighted by Crippen LogP contribution is 2.35. The Labute approximate surface area is 173 Å². The van der Waals surface area contributed by atoms with Crippen LogP contribution in [0, 0.1) is 5.82 Å². The molecule has 1 aliphatic carbocycles. The third-order valence-corrected chi connectivity index (χ3v) is 6.31. The van der Waals surface area contributed by atoms with E-state index in [9.17, 15) is 17.9 Å². The van der Waals surface area contributed by atoms with Crippen LogP contribution in [-0.2, 0) is 21.0 Å². The van der Waals surface area contributed by atoms with Crippen LogP contribution in [0.4, 0.5) is 10.2 Å². The maximum absolute atomic E-state index is 14.8. The Bertz CT molecular complexity index is 1140. The highest BCUT2D eigenvalue weighted by molar-refractivity contribution is 7.84. The minimum absolute atomic E-state index is 0.247. The normalized spacial score (nSPS) is 21.9. The zero-order chi connectivity index (χ0) is 21.3. The van der Waals surface area contributed by atoms with Gasteiger partial charge in [0.15, 0.2) is 5.82 Å². The third kappa shape index (κ3) is 4.15. The molecule has 0 saturated heterocycles. The largest absolute Gasteiger partial charge is 0.391 e. The SMILES string of the molecule is COS(=O)(=O)N[C@H]1C[C@@H](n2cc(F)c3c(NCc4ccccc4)ncnc32)C[C@@H]1O. The van der Waals surface area contributed by atoms with Gasteiger partial charge < -0.3 is 15.0 Å². The van der Waals surface area contributed by atoms with Crippen LogP contribution in [0.2, 0.25) is 0 Å². The number of nitrogens with zero attached hydrogens (tertiary/aromatic N) is 3. The van der Waals surface area contributed by atoms with Gasteiger partial charge in [0.05, 0.1) is 24.6 Å². The van der Waals surface area contributed by atoms with E-state index >= 15 is 0 Å². The molecule has 30 heavy (non-hydrogen) atoms. The predicted molar refractivity (Wildman–Crippen MR) is 108 cm³/mol. The second kappa shape index (κ2) is 8.26. The summed E-state index contributed by atoms with van der Waals surface area (Å²) in [5.74, 6) is -0.119. The number of anilines is 1. The maximum Gasteiger partial charge on any atom is 0.335 e. The van der Waals surface area contributed by atoms with Crippen molar-refractivity contribution in [1.82, 2.24) is 19.3 Å². The average Bonchev–Trinajstić information content (AvgIpc) is 3.27. The minimum atomic E-state index is -3.95. The number of halogens is 1. The molecule has 1 aliphatic rings. The number of hydrogen-bond donors (Lipinski definition) is 3. The van der Waals surface area contributed by atoms with Crippen LogP contribution in [0.15, 0.2) is 42.9 Å². The van der Waals surface area contributed by atoms with Crippen molar-refractivity contribution < 1.29 is 22.1 Å². The van der Waals surface area contributed by atoms with Crippen molar-refractivity contribution in [2.75, 3.05) is 12.4 Å². The van der Waals surface area contributed by atoms with Crippen LogP contribution < -0.4 is 10.0 Å². The first kappa shape index (κ1) is 20.7. The van der Waals surface area contributed by atoms with E-state index in [0.717, 1.165) is 12.7 Å². The molecule has 3 aromatic rings. The Kier molecular flexibility index (Phi) is 5.69. The summed E-state index contributed by atoms with van der Waals surface area (Å²) in [6, 6.07) is 8.59. The second-order valence-corrected chi connectivity index (χ2v) is 8.66. The lowest BCUT2D eigenvalue weighted by Crippen LogP contribution is -2.40. The summed E-state index contributed by atoms with van der Waals surface area (Å²) in [7, 11) is -2.91. The van der Waals surface area contributed by atoms with E-state index in [1.165, 1.54) is 12.5 Å². The predicted octanol–water partition coefficient (Wildman–Crippen LogP) is 1.73. The molecule has 160 valence electrons. The first-order valence-corrected chi connectivity index (χ1v) is 10.8. The van der Waals surface area contributed by atoms with E-state index in [-0.39, 0.29) is 24.3 Å². The molecule has 4 rings (SSSR count). The van der Waals surface area contributed by atoms with E-state index in [0.29, 0.717) is 18.0 Å². The lowest BCUT2D eigenvalue weighted by atomic mass is 10.2. The monoisotopic (exact) mass is 435 g/mol. The summed E-state index contributed by atoms with van der Waals surface area (Å²) in [4.78, 5) is 8.41. The molecule has 0 amide bonds. The van der Waals surface area contributed by atoms with Gasteiger partial charge in [0.2, 0.25) is 0 Å². The molecule has 1 saturated carbocycles. The van der Waals surface area contributed by atoms with E-state index in [1.807, 2.05) is 30.3 Å². The molecule has 2 aromatic heterocycles. The van der Waals surface area contributed by atoms with Gasteiger partial charge in [-0.3, -0.25) is 4.18 Å². The van der Waals surface area contributed by atoms with Crippen molar-refractivity contribution in [2.24, 2.45) is 0 Å². The van der Waals surface area contributed by atoms with Gasteiger partial charge in [-0.15, -0.1) is 0 Å². The Balaban J connectivity index is 1.59. The summed E-state index contributed by atoms with van der Waals surface area (Å²) < 4.78 is 46.5. The van der Waals surface area contributed by atoms with E-state index in [2.05, 4.69) is 24.2 Å². The second-order valence-electron chi connectivity index (χ2n) is 7.18. The van der Waals surface area contributed by atoms with Gasteiger partial charge in [-0.2, -0.15) is 13.1 Å². The summed E-state index contributed by atoms with van der Waals surface area (Å²) in [6.07, 6.45) is 2.25. The molecule has 11 heteroatoms. The Morgan fingerprint density at radius 1 is 1.27 bits per heavy atom. The zero-order valence-corrected chi connectivity index (χ0v) is 17.0. The Morgan fingerprint density at radius 3 is 2.77 bits per heavy atom. The Morgan fingerprint density at radius 2 is 2.03 bits per heavy atom. The fourth-order valence-electron chi connectivity index (χ4n) is 3.81. The number of aliphatic hydroxyl groups is 1. The molecule has 3 atom stereocenters. The molecule has 0 spiro atoms. The van der Waals surface area contributed by atoms with Crippen LogP contribution in [-0.4, -0.2) is 47.3 Å². The summed E-state index contributed by atoms with van der Waals surface area (Å²) in [5, 5.41) is 13.7. The lowest BCUT2D eigenvalue weighted by molar-refractivity contribution is 0.154. The summed E-state index contributed by atoms with van der Waals surface area (Å²) >= 11 is 0. The van der Waals surface area contributed by atoms with Crippen LogP contribution >= 0.6 is 0 Å². The van der Waals surface area contributed by atoms with E-state index < -0.39 is 28.3 Å². The fraction of sp³-hybridized carbons (Fsp3) is 0.368. The number of fused-ring (bicyclic) bond motifs is 1. The standard InChI is InChI=1S/C19H22FN5O4S/c1-29-30(27,28)24-15-7-13(8-16(15)26)25-10-14(20)17-18(22-11-23-19(17)25)21-9-12-5-3-2-4-6-12/h2-6,10-11,13,15-16,24,26H,7-9H2,1H3,(H,21,22,23)/t13-,15+,16+/m1/s1. The highest BCUT2D eigenvalue weighted by atomic mass is 32.2. The third-order valence-electron chi connectivity index (χ3n) is 5.28. The highest BCUT2D eigenvalue weighted by Gasteiger charge is 2.37. The number of nitrogens with one attached hydrogen (secondary N) is 2. The first-order chi connectivity index (χ1) is 14.4. The molecule has 9 nitrogen and oxygen atoms in total. The van der Waals surface area contributed by atoms with Gasteiger partial charge in [-0.1, -0.05) is 30.3 Å². The van der Waals surface area contributed by atoms with Gasteiger partial charge in [0, 0.05) is 18.8 Å². The minimum Gasteiger partial charge on any atom is -0.391 e. The molecule has 0 unspecified atom stereocenters. The molecule has 3 N–H and O–H groups in total. The molecule has 0 bridgehead atoms. The van der Waals surface area contributed by atoms with Gasteiger partial charge in [0.25, 0.3) is 0 Å². The molecule has 1 aromatic carbocycles. The number of hydrogen-bond acceptors (Lipinski definition) is 7. The lowest BCUT2D eigenvalue weighted by Gasteiger charge is -2.15. The zero-order valence-electron chi connectivity index (χ0n) is 16.2. The van der Waals surface area contributed by atoms with Crippen molar-refractivity contribution >= 4 is 27.2 Å². The van der Waals surface area contributed by atoms with Gasteiger partial charge >= 0.3 is 10.3 Å². The van der Waals surface area contributed by atoms with Crippen molar-refractivity contribution in [3.63, 3.8) is 0 Å². The van der Waals surface area contributed by atoms with Crippen molar-refractivity contribution in [1.29, 1.82) is 0 Å². The molecule has 0 radical (unpaired) electrons. The van der Waals surface area contributed by atoms with Crippen LogP contribution in [0.5, 0.6) is 0 Å². The van der Waals surface area contributed by atoms with Crippen molar-refractivity contribution in [2.45, 2.75) is 37.6 Å². The van der Waals surface area contributed by atoms with Crippen molar-refractivity contribution in [3.8, 4) is 0 Å². The van der Waals surface area contributed by atoms with Gasteiger partial charge in [-0.05, 0) is 18.4 Å². The Hall–Kier alpha value is -2.60. The summed E-state index contributed by atoms with van der Waals surface area (Å²) in [6.45, 7) is 0.473. The van der Waals surface area contributed by atoms with Crippen LogP contribution in [0.3, 0.4) is 0 Å². The average molecular weight is 435 g/mol. The van der Waals surface area contributed by atoms with Gasteiger partial charge in [0.1, 0.15) is 17.8 Å².